The predicted molar refractivity (Wildman–Crippen MR) is 99.6 cm³/mol. The lowest BCUT2D eigenvalue weighted by Crippen LogP contribution is -2.16. The second-order valence-electron chi connectivity index (χ2n) is 5.74. The van der Waals surface area contributed by atoms with Crippen LogP contribution >= 0.6 is 0 Å². The fourth-order valence-corrected chi connectivity index (χ4v) is 2.82. The Morgan fingerprint density at radius 2 is 1.96 bits per heavy atom. The molecule has 0 fully saturated rings. The minimum atomic E-state index is -0.157. The normalized spacial score (nSPS) is 10.7. The Labute approximate surface area is 152 Å². The number of carbonyl (C=O) groups is 1. The Kier molecular flexibility index (Phi) is 5.36. The van der Waals surface area contributed by atoms with Crippen LogP contribution in [-0.4, -0.2) is 33.7 Å². The lowest BCUT2D eigenvalue weighted by atomic mass is 10.1. The molecule has 7 nitrogen and oxygen atoms in total. The van der Waals surface area contributed by atoms with Crippen molar-refractivity contribution in [3.05, 3.63) is 42.2 Å². The van der Waals surface area contributed by atoms with Crippen molar-refractivity contribution in [1.29, 1.82) is 0 Å². The van der Waals surface area contributed by atoms with Crippen molar-refractivity contribution in [3.8, 4) is 11.9 Å². The van der Waals surface area contributed by atoms with Crippen LogP contribution in [0.15, 0.2) is 36.7 Å². The summed E-state index contributed by atoms with van der Waals surface area (Å²) in [5.41, 5.74) is 2.49. The van der Waals surface area contributed by atoms with Gasteiger partial charge in [-0.3, -0.25) is 4.79 Å². The van der Waals surface area contributed by atoms with Gasteiger partial charge in [0.05, 0.1) is 25.8 Å². The average molecular weight is 354 g/mol. The van der Waals surface area contributed by atoms with Gasteiger partial charge < -0.3 is 19.4 Å². The molecular weight excluding hydrogens is 332 g/mol. The number of rotatable bonds is 7. The molecule has 0 saturated carbocycles. The van der Waals surface area contributed by atoms with Crippen molar-refractivity contribution >= 4 is 22.5 Å². The maximum absolute atomic E-state index is 12.5. The fourth-order valence-electron chi connectivity index (χ4n) is 2.82. The largest absolute Gasteiger partial charge is 0.476 e. The molecule has 3 aromatic rings. The van der Waals surface area contributed by atoms with E-state index >= 15 is 0 Å². The molecule has 0 spiro atoms. The fraction of sp³-hybridized carbons (Fsp3) is 0.316. The Morgan fingerprint density at radius 3 is 2.73 bits per heavy atom. The summed E-state index contributed by atoms with van der Waals surface area (Å²) >= 11 is 0. The Hall–Kier alpha value is -3.09. The first-order valence-corrected chi connectivity index (χ1v) is 8.57. The number of amides is 1. The molecule has 1 aromatic carbocycles. The molecule has 7 heteroatoms. The number of hydrogen-bond acceptors (Lipinski definition) is 5. The Balaban J connectivity index is 1.79. The molecule has 2 aromatic heterocycles. The van der Waals surface area contributed by atoms with Gasteiger partial charge in [-0.1, -0.05) is 18.2 Å². The van der Waals surface area contributed by atoms with Crippen molar-refractivity contribution in [2.24, 2.45) is 7.05 Å². The molecule has 0 bridgehead atoms. The van der Waals surface area contributed by atoms with Gasteiger partial charge in [0.1, 0.15) is 5.69 Å². The number of carbonyl (C=O) groups excluding carboxylic acids is 1. The minimum absolute atomic E-state index is 0.157. The van der Waals surface area contributed by atoms with Gasteiger partial charge in [0.15, 0.2) is 0 Å². The number of aryl methyl sites for hydroxylation is 1. The molecule has 0 saturated heterocycles. The number of anilines is 1. The molecule has 1 amide bonds. The summed E-state index contributed by atoms with van der Waals surface area (Å²) in [5, 5.41) is 3.90. The summed E-state index contributed by atoms with van der Waals surface area (Å²) < 4.78 is 12.8. The van der Waals surface area contributed by atoms with Crippen LogP contribution in [0.2, 0.25) is 0 Å². The maximum Gasteiger partial charge on any atom is 0.319 e. The van der Waals surface area contributed by atoms with Gasteiger partial charge in [-0.15, -0.1) is 0 Å². The highest BCUT2D eigenvalue weighted by molar-refractivity contribution is 5.96. The number of ether oxygens (including phenoxy) is 2. The van der Waals surface area contributed by atoms with E-state index in [0.717, 1.165) is 16.5 Å². The number of hydrogen-bond donors (Lipinski definition) is 1. The lowest BCUT2D eigenvalue weighted by Gasteiger charge is -2.11. The molecule has 3 rings (SSSR count). The molecule has 0 unspecified atom stereocenters. The van der Waals surface area contributed by atoms with Crippen LogP contribution in [-0.2, 0) is 18.3 Å². The molecule has 0 aliphatic heterocycles. The average Bonchev–Trinajstić information content (AvgIpc) is 2.94. The first-order valence-electron chi connectivity index (χ1n) is 8.57. The summed E-state index contributed by atoms with van der Waals surface area (Å²) in [7, 11) is 1.97. The first-order chi connectivity index (χ1) is 12.6. The third-order valence-corrected chi connectivity index (χ3v) is 3.89. The molecule has 0 aliphatic rings. The molecule has 0 radical (unpaired) electrons. The van der Waals surface area contributed by atoms with E-state index in [0.29, 0.717) is 24.8 Å². The summed E-state index contributed by atoms with van der Waals surface area (Å²) in [6.45, 7) is 4.58. The summed E-state index contributed by atoms with van der Waals surface area (Å²) in [6, 6.07) is 8.23. The van der Waals surface area contributed by atoms with Gasteiger partial charge in [0.2, 0.25) is 11.8 Å². The molecule has 26 heavy (non-hydrogen) atoms. The quantitative estimate of drug-likeness (QED) is 0.706. The van der Waals surface area contributed by atoms with Crippen molar-refractivity contribution in [2.75, 3.05) is 18.5 Å². The van der Waals surface area contributed by atoms with Crippen LogP contribution in [0.5, 0.6) is 11.9 Å². The van der Waals surface area contributed by atoms with Crippen molar-refractivity contribution < 1.29 is 14.3 Å². The number of aromatic nitrogens is 3. The van der Waals surface area contributed by atoms with E-state index in [-0.39, 0.29) is 18.3 Å². The topological polar surface area (TPSA) is 78.3 Å². The predicted octanol–water partition coefficient (Wildman–Crippen LogP) is 2.95. The monoisotopic (exact) mass is 354 g/mol. The van der Waals surface area contributed by atoms with Crippen LogP contribution < -0.4 is 14.8 Å². The highest BCUT2D eigenvalue weighted by Crippen LogP contribution is 2.25. The standard InChI is InChI=1S/C19H22N4O3/c1-4-25-18-15(11-20-19(22-18)26-5-2)21-17(24)10-13-12-23(3)16-9-7-6-8-14(13)16/h6-9,11-12H,4-5,10H2,1-3H3,(H,21,24). The van der Waals surface area contributed by atoms with E-state index in [2.05, 4.69) is 15.3 Å². The van der Waals surface area contributed by atoms with E-state index in [1.807, 2.05) is 55.9 Å². The van der Waals surface area contributed by atoms with Crippen LogP contribution in [0.25, 0.3) is 10.9 Å². The first kappa shape index (κ1) is 17.7. The molecule has 0 aliphatic carbocycles. The zero-order chi connectivity index (χ0) is 18.5. The van der Waals surface area contributed by atoms with E-state index in [9.17, 15) is 4.79 Å². The van der Waals surface area contributed by atoms with Gasteiger partial charge in [0.25, 0.3) is 0 Å². The third kappa shape index (κ3) is 3.77. The van der Waals surface area contributed by atoms with Crippen LogP contribution in [0.3, 0.4) is 0 Å². The van der Waals surface area contributed by atoms with Crippen LogP contribution in [0.1, 0.15) is 19.4 Å². The van der Waals surface area contributed by atoms with Gasteiger partial charge in [-0.2, -0.15) is 4.98 Å². The van der Waals surface area contributed by atoms with Crippen molar-refractivity contribution in [2.45, 2.75) is 20.3 Å². The molecule has 2 heterocycles. The number of nitrogens with zero attached hydrogens (tertiary/aromatic N) is 3. The zero-order valence-electron chi connectivity index (χ0n) is 15.2. The highest BCUT2D eigenvalue weighted by Gasteiger charge is 2.15. The lowest BCUT2D eigenvalue weighted by molar-refractivity contribution is -0.115. The highest BCUT2D eigenvalue weighted by atomic mass is 16.5. The number of benzene rings is 1. The van der Waals surface area contributed by atoms with E-state index in [1.54, 1.807) is 0 Å². The number of fused-ring (bicyclic) bond motifs is 1. The number of para-hydroxylation sites is 1. The summed E-state index contributed by atoms with van der Waals surface area (Å²) in [6.07, 6.45) is 3.73. The van der Waals surface area contributed by atoms with E-state index in [4.69, 9.17) is 9.47 Å². The SMILES string of the molecule is CCOc1ncc(NC(=O)Cc2cn(C)c3ccccc23)c(OCC)n1. The maximum atomic E-state index is 12.5. The van der Waals surface area contributed by atoms with Gasteiger partial charge >= 0.3 is 6.01 Å². The molecular formula is C19H22N4O3. The van der Waals surface area contributed by atoms with Gasteiger partial charge in [-0.25, -0.2) is 4.98 Å². The van der Waals surface area contributed by atoms with Crippen molar-refractivity contribution in [1.82, 2.24) is 14.5 Å². The second-order valence-corrected chi connectivity index (χ2v) is 5.74. The third-order valence-electron chi connectivity index (χ3n) is 3.89. The second kappa shape index (κ2) is 7.86. The van der Waals surface area contributed by atoms with E-state index < -0.39 is 0 Å². The number of nitrogens with one attached hydrogen (secondary N) is 1. The van der Waals surface area contributed by atoms with Gasteiger partial charge in [0, 0.05) is 24.1 Å². The molecule has 0 atom stereocenters. The molecule has 136 valence electrons. The minimum Gasteiger partial charge on any atom is -0.476 e. The van der Waals surface area contributed by atoms with Crippen molar-refractivity contribution in [3.63, 3.8) is 0 Å². The summed E-state index contributed by atoms with van der Waals surface area (Å²) in [5.74, 6) is 0.146. The smallest absolute Gasteiger partial charge is 0.319 e. The Bertz CT molecular complexity index is 920. The van der Waals surface area contributed by atoms with Crippen LogP contribution in [0, 0.1) is 0 Å². The van der Waals surface area contributed by atoms with Crippen LogP contribution in [0.4, 0.5) is 5.69 Å². The zero-order valence-corrected chi connectivity index (χ0v) is 15.2. The van der Waals surface area contributed by atoms with E-state index in [1.165, 1.54) is 6.20 Å². The molecule has 1 N–H and O–H groups in total. The Morgan fingerprint density at radius 1 is 1.19 bits per heavy atom. The summed E-state index contributed by atoms with van der Waals surface area (Å²) in [4.78, 5) is 20.8. The van der Waals surface area contributed by atoms with Gasteiger partial charge in [-0.05, 0) is 25.5 Å².